The number of aryl methyl sites for hydroxylation is 1. The summed E-state index contributed by atoms with van der Waals surface area (Å²) in [5.41, 5.74) is 3.00. The number of hydrogen-bond donors (Lipinski definition) is 1. The van der Waals surface area contributed by atoms with Gasteiger partial charge in [0.15, 0.2) is 0 Å². The Morgan fingerprint density at radius 3 is 2.32 bits per heavy atom. The van der Waals surface area contributed by atoms with E-state index >= 15 is 0 Å². The van der Waals surface area contributed by atoms with Crippen LogP contribution in [0.2, 0.25) is 0 Å². The molecule has 1 amide bonds. The minimum absolute atomic E-state index is 0.136. The van der Waals surface area contributed by atoms with Crippen molar-refractivity contribution in [3.63, 3.8) is 0 Å². The highest BCUT2D eigenvalue weighted by Crippen LogP contribution is 2.65. The van der Waals surface area contributed by atoms with Crippen LogP contribution in [0.1, 0.15) is 24.0 Å². The van der Waals surface area contributed by atoms with Gasteiger partial charge in [0, 0.05) is 11.6 Å². The lowest BCUT2D eigenvalue weighted by molar-refractivity contribution is -0.117. The van der Waals surface area contributed by atoms with Gasteiger partial charge in [-0.2, -0.15) is 0 Å². The monoisotopic (exact) mass is 333 g/mol. The van der Waals surface area contributed by atoms with Gasteiger partial charge in [0.1, 0.15) is 4.33 Å². The van der Waals surface area contributed by atoms with Gasteiger partial charge in [-0.15, -0.1) is 23.2 Å². The van der Waals surface area contributed by atoms with Crippen molar-refractivity contribution in [2.75, 3.05) is 5.32 Å². The maximum atomic E-state index is 12.4. The van der Waals surface area contributed by atoms with Crippen LogP contribution < -0.4 is 5.32 Å². The number of amides is 1. The third kappa shape index (κ3) is 2.86. The van der Waals surface area contributed by atoms with E-state index in [0.717, 1.165) is 17.7 Å². The quantitative estimate of drug-likeness (QED) is 0.802. The molecule has 2 aromatic carbocycles. The average molecular weight is 334 g/mol. The van der Waals surface area contributed by atoms with E-state index in [9.17, 15) is 4.79 Å². The zero-order valence-corrected chi connectivity index (χ0v) is 13.7. The van der Waals surface area contributed by atoms with Crippen molar-refractivity contribution in [1.29, 1.82) is 0 Å². The Balaban J connectivity index is 1.72. The standard InChI is InChI=1S/C18H17Cl2NO/c1-2-12-8-10-14(11-9-12)21-17(22)16-15(18(16,19)20)13-6-4-3-5-7-13/h3-11,15-16H,2H2,1H3,(H,21,22). The number of carbonyl (C=O) groups is 1. The highest BCUT2D eigenvalue weighted by Gasteiger charge is 2.67. The van der Waals surface area contributed by atoms with Crippen LogP contribution in [-0.2, 0) is 11.2 Å². The molecule has 2 atom stereocenters. The van der Waals surface area contributed by atoms with Gasteiger partial charge >= 0.3 is 0 Å². The van der Waals surface area contributed by atoms with Gasteiger partial charge in [0.25, 0.3) is 0 Å². The van der Waals surface area contributed by atoms with E-state index in [4.69, 9.17) is 23.2 Å². The molecule has 2 unspecified atom stereocenters. The summed E-state index contributed by atoms with van der Waals surface area (Å²) < 4.78 is -1.03. The molecular formula is C18H17Cl2NO. The minimum Gasteiger partial charge on any atom is -0.326 e. The van der Waals surface area contributed by atoms with Crippen molar-refractivity contribution in [2.45, 2.75) is 23.6 Å². The van der Waals surface area contributed by atoms with Crippen LogP contribution in [0.15, 0.2) is 54.6 Å². The number of alkyl halides is 2. The maximum absolute atomic E-state index is 12.4. The fourth-order valence-electron chi connectivity index (χ4n) is 2.77. The number of anilines is 1. The second kappa shape index (κ2) is 5.94. The van der Waals surface area contributed by atoms with Crippen molar-refractivity contribution in [1.82, 2.24) is 0 Å². The van der Waals surface area contributed by atoms with Crippen LogP contribution in [0.25, 0.3) is 0 Å². The smallest absolute Gasteiger partial charge is 0.231 e. The largest absolute Gasteiger partial charge is 0.326 e. The van der Waals surface area contributed by atoms with E-state index < -0.39 is 10.3 Å². The Morgan fingerprint density at radius 1 is 1.09 bits per heavy atom. The van der Waals surface area contributed by atoms with E-state index in [-0.39, 0.29) is 11.8 Å². The Bertz CT molecular complexity index is 667. The summed E-state index contributed by atoms with van der Waals surface area (Å²) in [6.07, 6.45) is 0.972. The molecule has 1 aliphatic rings. The summed E-state index contributed by atoms with van der Waals surface area (Å²) in [7, 11) is 0. The van der Waals surface area contributed by atoms with Crippen LogP contribution >= 0.6 is 23.2 Å². The maximum Gasteiger partial charge on any atom is 0.231 e. The first-order valence-corrected chi connectivity index (χ1v) is 8.12. The van der Waals surface area contributed by atoms with Gasteiger partial charge in [-0.05, 0) is 29.7 Å². The van der Waals surface area contributed by atoms with Gasteiger partial charge in [-0.25, -0.2) is 0 Å². The van der Waals surface area contributed by atoms with Crippen molar-refractivity contribution >= 4 is 34.8 Å². The number of carbonyl (C=O) groups excluding carboxylic acids is 1. The van der Waals surface area contributed by atoms with E-state index in [1.807, 2.05) is 54.6 Å². The third-order valence-corrected chi connectivity index (χ3v) is 5.06. The first-order valence-electron chi connectivity index (χ1n) is 7.36. The highest BCUT2D eigenvalue weighted by atomic mass is 35.5. The average Bonchev–Trinajstić information content (AvgIpc) is 3.11. The molecule has 0 spiro atoms. The van der Waals surface area contributed by atoms with Gasteiger partial charge in [-0.1, -0.05) is 49.4 Å². The van der Waals surface area contributed by atoms with Crippen LogP contribution in [-0.4, -0.2) is 10.2 Å². The normalized spacial score (nSPS) is 22.1. The number of rotatable bonds is 4. The summed E-state index contributed by atoms with van der Waals surface area (Å²) in [5, 5.41) is 2.90. The molecule has 1 N–H and O–H groups in total. The summed E-state index contributed by atoms with van der Waals surface area (Å²) in [6.45, 7) is 2.09. The lowest BCUT2D eigenvalue weighted by Crippen LogP contribution is -2.17. The van der Waals surface area contributed by atoms with E-state index in [1.54, 1.807) is 0 Å². The summed E-state index contributed by atoms with van der Waals surface area (Å²) >= 11 is 12.6. The molecule has 2 nitrogen and oxygen atoms in total. The zero-order chi connectivity index (χ0) is 15.7. The van der Waals surface area contributed by atoms with Crippen molar-refractivity contribution < 1.29 is 4.79 Å². The zero-order valence-electron chi connectivity index (χ0n) is 12.2. The molecular weight excluding hydrogens is 317 g/mol. The molecule has 0 aromatic heterocycles. The third-order valence-electron chi connectivity index (χ3n) is 4.12. The predicted molar refractivity (Wildman–Crippen MR) is 91.6 cm³/mol. The number of nitrogens with one attached hydrogen (secondary N) is 1. The SMILES string of the molecule is CCc1ccc(NC(=O)C2C(c3ccccc3)C2(Cl)Cl)cc1. The molecule has 3 rings (SSSR count). The highest BCUT2D eigenvalue weighted by molar-refractivity contribution is 6.53. The Labute approximate surface area is 140 Å². The predicted octanol–water partition coefficient (Wildman–Crippen LogP) is 4.78. The van der Waals surface area contributed by atoms with Crippen molar-refractivity contribution in [3.8, 4) is 0 Å². The minimum atomic E-state index is -1.03. The Hall–Kier alpha value is -1.51. The second-order valence-electron chi connectivity index (χ2n) is 5.58. The van der Waals surface area contributed by atoms with Crippen LogP contribution in [0.3, 0.4) is 0 Å². The Kier molecular flexibility index (Phi) is 4.16. The molecule has 0 saturated heterocycles. The molecule has 0 radical (unpaired) electrons. The van der Waals surface area contributed by atoms with E-state index in [2.05, 4.69) is 12.2 Å². The molecule has 0 heterocycles. The van der Waals surface area contributed by atoms with Gasteiger partial charge < -0.3 is 5.32 Å². The van der Waals surface area contributed by atoms with Crippen LogP contribution in [0.5, 0.6) is 0 Å². The van der Waals surface area contributed by atoms with Gasteiger partial charge in [0.05, 0.1) is 5.92 Å². The lowest BCUT2D eigenvalue weighted by atomic mass is 10.1. The molecule has 4 heteroatoms. The molecule has 0 bridgehead atoms. The van der Waals surface area contributed by atoms with Crippen LogP contribution in [0.4, 0.5) is 5.69 Å². The second-order valence-corrected chi connectivity index (χ2v) is 7.02. The number of halogens is 2. The molecule has 1 saturated carbocycles. The van der Waals surface area contributed by atoms with E-state index in [1.165, 1.54) is 5.56 Å². The number of benzene rings is 2. The molecule has 0 aliphatic heterocycles. The fourth-order valence-corrected chi connectivity index (χ4v) is 3.60. The summed E-state index contributed by atoms with van der Waals surface area (Å²) in [4.78, 5) is 12.4. The summed E-state index contributed by atoms with van der Waals surface area (Å²) in [5.74, 6) is -0.723. The van der Waals surface area contributed by atoms with Crippen LogP contribution in [0, 0.1) is 5.92 Å². The molecule has 1 aliphatic carbocycles. The number of hydrogen-bond acceptors (Lipinski definition) is 1. The topological polar surface area (TPSA) is 29.1 Å². The first kappa shape index (κ1) is 15.4. The Morgan fingerprint density at radius 2 is 1.73 bits per heavy atom. The summed E-state index contributed by atoms with van der Waals surface area (Å²) in [6, 6.07) is 17.5. The molecule has 114 valence electrons. The van der Waals surface area contributed by atoms with Crippen molar-refractivity contribution in [2.24, 2.45) is 5.92 Å². The molecule has 22 heavy (non-hydrogen) atoms. The lowest BCUT2D eigenvalue weighted by Gasteiger charge is -2.06. The van der Waals surface area contributed by atoms with Gasteiger partial charge in [0.2, 0.25) is 5.91 Å². The van der Waals surface area contributed by atoms with Gasteiger partial charge in [-0.3, -0.25) is 4.79 Å². The van der Waals surface area contributed by atoms with E-state index in [0.29, 0.717) is 0 Å². The van der Waals surface area contributed by atoms with Crippen molar-refractivity contribution in [3.05, 3.63) is 65.7 Å². The first-order chi connectivity index (χ1) is 10.5. The molecule has 1 fully saturated rings. The fraction of sp³-hybridized carbons (Fsp3) is 0.278. The molecule has 2 aromatic rings.